The van der Waals surface area contributed by atoms with E-state index in [9.17, 15) is 18.0 Å². The quantitative estimate of drug-likeness (QED) is 0.299. The van der Waals surface area contributed by atoms with Crippen LogP contribution in [-0.4, -0.2) is 15.5 Å². The molecule has 4 rings (SSSR count). The summed E-state index contributed by atoms with van der Waals surface area (Å²) >= 11 is 12.9. The normalized spacial score (nSPS) is 11.5. The van der Waals surface area contributed by atoms with E-state index in [1.165, 1.54) is 12.3 Å². The van der Waals surface area contributed by atoms with Gasteiger partial charge in [-0.25, -0.2) is 4.98 Å². The summed E-state index contributed by atoms with van der Waals surface area (Å²) in [6.07, 6.45) is -0.735. The molecule has 33 heavy (non-hydrogen) atoms. The van der Waals surface area contributed by atoms with Crippen LogP contribution in [0.1, 0.15) is 32.7 Å². The number of halogens is 5. The van der Waals surface area contributed by atoms with Gasteiger partial charge in [0.15, 0.2) is 5.13 Å². The first-order valence-electron chi connectivity index (χ1n) is 9.70. The number of nitrogens with one attached hydrogen (secondary N) is 1. The molecular formula is C23H16Cl2F3N3OS. The van der Waals surface area contributed by atoms with Gasteiger partial charge < -0.3 is 4.57 Å². The summed E-state index contributed by atoms with van der Waals surface area (Å²) < 4.78 is 41.5. The summed E-state index contributed by atoms with van der Waals surface area (Å²) in [5.41, 5.74) is 1.78. The topological polar surface area (TPSA) is 46.9 Å². The molecule has 2 heterocycles. The Hall–Kier alpha value is -2.81. The third-order valence-electron chi connectivity index (χ3n) is 4.81. The maximum Gasteiger partial charge on any atom is 0.416 e. The van der Waals surface area contributed by atoms with Crippen molar-refractivity contribution in [1.29, 1.82) is 0 Å². The van der Waals surface area contributed by atoms with E-state index < -0.39 is 17.6 Å². The maximum atomic E-state index is 13.1. The fraction of sp³-hybridized carbons (Fsp3) is 0.130. The van der Waals surface area contributed by atoms with Gasteiger partial charge in [-0.3, -0.25) is 10.1 Å². The van der Waals surface area contributed by atoms with Gasteiger partial charge in [-0.05, 0) is 53.4 Å². The first-order chi connectivity index (χ1) is 15.7. The molecule has 10 heteroatoms. The standard InChI is InChI=1S/C23H16Cl2F3N3OS/c24-18-6-4-14(5-7-18)8-16-10-19(21(32)30-22-29-11-20(25)33-22)31(13-16)12-15-2-1-3-17(9-15)23(26,27)28/h1-7,9-11,13H,8,12H2,(H,29,30,32). The number of benzene rings is 2. The summed E-state index contributed by atoms with van der Waals surface area (Å²) in [5, 5.41) is 3.63. The third-order valence-corrected chi connectivity index (χ3v) is 6.09. The van der Waals surface area contributed by atoms with Crippen LogP contribution in [0.15, 0.2) is 67.0 Å². The van der Waals surface area contributed by atoms with Crippen molar-refractivity contribution in [2.45, 2.75) is 19.1 Å². The van der Waals surface area contributed by atoms with Gasteiger partial charge in [0.25, 0.3) is 5.91 Å². The van der Waals surface area contributed by atoms with Gasteiger partial charge in [0.05, 0.1) is 11.8 Å². The highest BCUT2D eigenvalue weighted by Gasteiger charge is 2.30. The van der Waals surface area contributed by atoms with E-state index in [0.29, 0.717) is 32.2 Å². The number of rotatable bonds is 6. The van der Waals surface area contributed by atoms with Crippen molar-refractivity contribution in [3.63, 3.8) is 0 Å². The van der Waals surface area contributed by atoms with Crippen LogP contribution >= 0.6 is 34.5 Å². The zero-order valence-electron chi connectivity index (χ0n) is 16.9. The highest BCUT2D eigenvalue weighted by atomic mass is 35.5. The summed E-state index contributed by atoms with van der Waals surface area (Å²) in [7, 11) is 0. The molecule has 0 aliphatic heterocycles. The molecule has 0 atom stereocenters. The Morgan fingerprint density at radius 1 is 1.03 bits per heavy atom. The number of hydrogen-bond donors (Lipinski definition) is 1. The Morgan fingerprint density at radius 3 is 2.45 bits per heavy atom. The fourth-order valence-electron chi connectivity index (χ4n) is 3.34. The lowest BCUT2D eigenvalue weighted by Crippen LogP contribution is -2.17. The molecular weight excluding hydrogens is 494 g/mol. The molecule has 1 amide bonds. The molecule has 0 radical (unpaired) electrons. The Labute approximate surface area is 201 Å². The second-order valence-electron chi connectivity index (χ2n) is 7.29. The Morgan fingerprint density at radius 2 is 1.79 bits per heavy atom. The second kappa shape index (κ2) is 9.59. The highest BCUT2D eigenvalue weighted by Crippen LogP contribution is 2.30. The van der Waals surface area contributed by atoms with Gasteiger partial charge in [-0.1, -0.05) is 58.8 Å². The zero-order chi connectivity index (χ0) is 23.6. The number of alkyl halides is 3. The smallest absolute Gasteiger partial charge is 0.339 e. The third kappa shape index (κ3) is 5.96. The lowest BCUT2D eigenvalue weighted by Gasteiger charge is -2.11. The molecule has 1 N–H and O–H groups in total. The molecule has 2 aromatic heterocycles. The van der Waals surface area contributed by atoms with Crippen LogP contribution in [0.2, 0.25) is 9.36 Å². The van der Waals surface area contributed by atoms with Crippen molar-refractivity contribution >= 4 is 45.6 Å². The van der Waals surface area contributed by atoms with E-state index in [1.807, 2.05) is 12.1 Å². The fourth-order valence-corrected chi connectivity index (χ4v) is 4.28. The van der Waals surface area contributed by atoms with Gasteiger partial charge in [0.2, 0.25) is 0 Å². The van der Waals surface area contributed by atoms with Crippen LogP contribution in [0.25, 0.3) is 0 Å². The molecule has 4 nitrogen and oxygen atoms in total. The molecule has 2 aromatic carbocycles. The van der Waals surface area contributed by atoms with Gasteiger partial charge in [-0.15, -0.1) is 0 Å². The van der Waals surface area contributed by atoms with Crippen molar-refractivity contribution in [3.05, 3.63) is 104 Å². The highest BCUT2D eigenvalue weighted by molar-refractivity contribution is 7.19. The van der Waals surface area contributed by atoms with Crippen LogP contribution in [-0.2, 0) is 19.1 Å². The Balaban J connectivity index is 1.65. The van der Waals surface area contributed by atoms with Crippen molar-refractivity contribution in [1.82, 2.24) is 9.55 Å². The van der Waals surface area contributed by atoms with Gasteiger partial charge in [-0.2, -0.15) is 13.2 Å². The molecule has 0 saturated heterocycles. The van der Waals surface area contributed by atoms with Crippen LogP contribution in [0, 0.1) is 0 Å². The average Bonchev–Trinajstić information content (AvgIpc) is 3.35. The van der Waals surface area contributed by atoms with Crippen LogP contribution in [0.4, 0.5) is 18.3 Å². The molecule has 0 fully saturated rings. The van der Waals surface area contributed by atoms with Gasteiger partial charge in [0.1, 0.15) is 10.0 Å². The first-order valence-corrected chi connectivity index (χ1v) is 11.3. The maximum absolute atomic E-state index is 13.1. The minimum Gasteiger partial charge on any atom is -0.339 e. The van der Waals surface area contributed by atoms with Crippen molar-refractivity contribution in [3.8, 4) is 0 Å². The molecule has 4 aromatic rings. The van der Waals surface area contributed by atoms with Gasteiger partial charge in [0, 0.05) is 17.8 Å². The van der Waals surface area contributed by atoms with E-state index in [2.05, 4.69) is 10.3 Å². The van der Waals surface area contributed by atoms with E-state index in [1.54, 1.807) is 35.0 Å². The SMILES string of the molecule is O=C(Nc1ncc(Cl)s1)c1cc(Cc2ccc(Cl)cc2)cn1Cc1cccc(C(F)(F)F)c1. The Bertz CT molecular complexity index is 1280. The molecule has 170 valence electrons. The number of thiazole rings is 1. The summed E-state index contributed by atoms with van der Waals surface area (Å²) in [6.45, 7) is 0.0892. The monoisotopic (exact) mass is 509 g/mol. The first kappa shape index (κ1) is 23.4. The van der Waals surface area contributed by atoms with E-state index in [4.69, 9.17) is 23.2 Å². The summed E-state index contributed by atoms with van der Waals surface area (Å²) in [5.74, 6) is -0.435. The number of aromatic nitrogens is 2. The molecule has 0 unspecified atom stereocenters. The van der Waals surface area contributed by atoms with Gasteiger partial charge >= 0.3 is 6.18 Å². The van der Waals surface area contributed by atoms with Crippen molar-refractivity contribution in [2.24, 2.45) is 0 Å². The van der Waals surface area contributed by atoms with Crippen LogP contribution < -0.4 is 5.32 Å². The van der Waals surface area contributed by atoms with Crippen molar-refractivity contribution < 1.29 is 18.0 Å². The predicted octanol–water partition coefficient (Wildman–Crippen LogP) is 7.16. The zero-order valence-corrected chi connectivity index (χ0v) is 19.2. The number of hydrogen-bond acceptors (Lipinski definition) is 3. The number of nitrogens with zero attached hydrogens (tertiary/aromatic N) is 2. The number of carbonyl (C=O) groups is 1. The van der Waals surface area contributed by atoms with Crippen LogP contribution in [0.5, 0.6) is 0 Å². The van der Waals surface area contributed by atoms with Crippen LogP contribution in [0.3, 0.4) is 0 Å². The molecule has 0 saturated carbocycles. The molecule has 0 aliphatic rings. The minimum absolute atomic E-state index is 0.0892. The number of amides is 1. The lowest BCUT2D eigenvalue weighted by atomic mass is 10.1. The molecule has 0 bridgehead atoms. The average molecular weight is 510 g/mol. The van der Waals surface area contributed by atoms with Crippen molar-refractivity contribution in [2.75, 3.05) is 5.32 Å². The van der Waals surface area contributed by atoms with E-state index in [-0.39, 0.29) is 6.54 Å². The summed E-state index contributed by atoms with van der Waals surface area (Å²) in [4.78, 5) is 17.0. The predicted molar refractivity (Wildman–Crippen MR) is 124 cm³/mol. The lowest BCUT2D eigenvalue weighted by molar-refractivity contribution is -0.137. The molecule has 0 spiro atoms. The largest absolute Gasteiger partial charge is 0.416 e. The summed E-state index contributed by atoms with van der Waals surface area (Å²) in [6, 6.07) is 14.1. The number of anilines is 1. The number of carbonyl (C=O) groups excluding carboxylic acids is 1. The van der Waals surface area contributed by atoms with E-state index in [0.717, 1.165) is 34.6 Å². The Kier molecular flexibility index (Phi) is 6.78. The van der Waals surface area contributed by atoms with E-state index >= 15 is 0 Å². The minimum atomic E-state index is -4.45. The molecule has 0 aliphatic carbocycles. The second-order valence-corrected chi connectivity index (χ2v) is 9.38.